The molecule has 1 N–H and O–H groups in total. The van der Waals surface area contributed by atoms with Gasteiger partial charge in [0.2, 0.25) is 0 Å². The van der Waals surface area contributed by atoms with Gasteiger partial charge in [0.1, 0.15) is 5.76 Å². The maximum absolute atomic E-state index is 11.3. The van der Waals surface area contributed by atoms with Crippen LogP contribution in [0.15, 0.2) is 30.3 Å². The first kappa shape index (κ1) is 15.0. The number of carbonyl (C=O) groups excluding carboxylic acids is 1. The van der Waals surface area contributed by atoms with Crippen molar-refractivity contribution in [2.45, 2.75) is 13.3 Å². The molecule has 0 aliphatic rings. The highest BCUT2D eigenvalue weighted by molar-refractivity contribution is 6.34. The van der Waals surface area contributed by atoms with Crippen LogP contribution >= 0.6 is 11.6 Å². The predicted molar refractivity (Wildman–Crippen MR) is 71.9 cm³/mol. The van der Waals surface area contributed by atoms with Crippen LogP contribution in [0.3, 0.4) is 0 Å². The maximum atomic E-state index is 11.3. The Hall–Kier alpha value is -2.10. The normalized spacial score (nSPS) is 10.7. The van der Waals surface area contributed by atoms with E-state index < -0.39 is 5.97 Å². The number of rotatable bonds is 5. The van der Waals surface area contributed by atoms with Crippen molar-refractivity contribution in [3.8, 4) is 0 Å². The molecule has 0 aromatic heterocycles. The Morgan fingerprint density at radius 1 is 1.47 bits per heavy atom. The summed E-state index contributed by atoms with van der Waals surface area (Å²) < 4.78 is 4.69. The van der Waals surface area contributed by atoms with Crippen LogP contribution in [0.5, 0.6) is 0 Å². The molecule has 5 nitrogen and oxygen atoms in total. The van der Waals surface area contributed by atoms with Crippen LogP contribution in [0.4, 0.5) is 0 Å². The van der Waals surface area contributed by atoms with Crippen LogP contribution < -0.4 is 0 Å². The third-order valence-corrected chi connectivity index (χ3v) is 2.51. The molecular formula is C13H13ClN2O3. The maximum Gasteiger partial charge on any atom is 0.417 e. The molecule has 0 spiro atoms. The molecule has 19 heavy (non-hydrogen) atoms. The van der Waals surface area contributed by atoms with Gasteiger partial charge >= 0.3 is 11.7 Å². The summed E-state index contributed by atoms with van der Waals surface area (Å²) >= 11 is 5.73. The van der Waals surface area contributed by atoms with Crippen LogP contribution in [0.25, 0.3) is 11.3 Å². The highest BCUT2D eigenvalue weighted by Crippen LogP contribution is 2.15. The van der Waals surface area contributed by atoms with Gasteiger partial charge in [-0.2, -0.15) is 4.79 Å². The molecule has 1 rings (SSSR count). The van der Waals surface area contributed by atoms with E-state index >= 15 is 0 Å². The molecule has 0 heterocycles. The molecule has 0 aliphatic carbocycles. The van der Waals surface area contributed by atoms with Crippen molar-refractivity contribution in [1.29, 1.82) is 0 Å². The Labute approximate surface area is 115 Å². The van der Waals surface area contributed by atoms with E-state index in [2.05, 4.69) is 4.79 Å². The average molecular weight is 281 g/mol. The summed E-state index contributed by atoms with van der Waals surface area (Å²) in [5.41, 5.74) is 9.07. The second-order valence-corrected chi connectivity index (χ2v) is 4.00. The second-order valence-electron chi connectivity index (χ2n) is 3.57. The first-order valence-corrected chi connectivity index (χ1v) is 5.99. The van der Waals surface area contributed by atoms with Gasteiger partial charge in [-0.15, -0.1) is 0 Å². The molecule has 0 bridgehead atoms. The van der Waals surface area contributed by atoms with Crippen molar-refractivity contribution in [2.75, 3.05) is 6.61 Å². The summed E-state index contributed by atoms with van der Waals surface area (Å²) in [4.78, 5) is 14.2. The molecule has 0 aliphatic heterocycles. The Morgan fingerprint density at radius 3 is 2.63 bits per heavy atom. The summed E-state index contributed by atoms with van der Waals surface area (Å²) in [5.74, 6) is -0.757. The van der Waals surface area contributed by atoms with Crippen LogP contribution in [0.2, 0.25) is 5.02 Å². The van der Waals surface area contributed by atoms with Gasteiger partial charge in [0.15, 0.2) is 0 Å². The minimum absolute atomic E-state index is 0.0379. The van der Waals surface area contributed by atoms with Crippen molar-refractivity contribution in [1.82, 2.24) is 0 Å². The van der Waals surface area contributed by atoms with Crippen molar-refractivity contribution in [2.24, 2.45) is 0 Å². The Balaban J connectivity index is 2.77. The van der Waals surface area contributed by atoms with Gasteiger partial charge in [0.25, 0.3) is 0 Å². The second kappa shape index (κ2) is 7.36. The topological polar surface area (TPSA) is 82.9 Å². The fraction of sp³-hybridized carbons (Fsp3) is 0.231. The molecule has 100 valence electrons. The molecule has 0 saturated heterocycles. The van der Waals surface area contributed by atoms with Crippen molar-refractivity contribution in [3.05, 3.63) is 46.5 Å². The predicted octanol–water partition coefficient (Wildman–Crippen LogP) is 2.86. The molecule has 0 fully saturated rings. The van der Waals surface area contributed by atoms with Crippen LogP contribution in [0.1, 0.15) is 18.9 Å². The fourth-order valence-corrected chi connectivity index (χ4v) is 1.44. The summed E-state index contributed by atoms with van der Waals surface area (Å²) in [5, 5.41) is 10.4. The monoisotopic (exact) mass is 280 g/mol. The van der Waals surface area contributed by atoms with Gasteiger partial charge in [-0.25, -0.2) is 4.79 Å². The van der Waals surface area contributed by atoms with E-state index in [1.54, 1.807) is 31.2 Å². The molecule has 0 atom stereocenters. The van der Waals surface area contributed by atoms with Gasteiger partial charge in [0, 0.05) is 10.6 Å². The molecule has 6 heteroatoms. The van der Waals surface area contributed by atoms with E-state index in [9.17, 15) is 9.90 Å². The number of aliphatic hydroxyl groups excluding tert-OH is 1. The van der Waals surface area contributed by atoms with Gasteiger partial charge in [-0.3, -0.25) is 0 Å². The summed E-state index contributed by atoms with van der Waals surface area (Å²) in [6.45, 7) is 1.83. The standard InChI is InChI=1S/C13H13ClN2O3/c1-2-19-13(18)11(16-15)7-8-12(17)9-3-5-10(14)6-4-9/h3-6,8,17H,2,7H2,1H3/b12-8-. The van der Waals surface area contributed by atoms with Crippen LogP contribution in [-0.4, -0.2) is 28.2 Å². The molecule has 0 saturated carbocycles. The zero-order valence-electron chi connectivity index (χ0n) is 10.3. The highest BCUT2D eigenvalue weighted by atomic mass is 35.5. The van der Waals surface area contributed by atoms with Gasteiger partial charge in [-0.05, 0) is 37.3 Å². The number of aliphatic hydroxyl groups is 1. The number of benzene rings is 1. The van der Waals surface area contributed by atoms with E-state index in [0.717, 1.165) is 0 Å². The molecule has 0 amide bonds. The summed E-state index contributed by atoms with van der Waals surface area (Å²) in [7, 11) is 0. The van der Waals surface area contributed by atoms with Crippen molar-refractivity contribution < 1.29 is 19.4 Å². The van der Waals surface area contributed by atoms with E-state index in [-0.39, 0.29) is 24.5 Å². The number of esters is 1. The van der Waals surface area contributed by atoms with E-state index in [0.29, 0.717) is 10.6 Å². The number of hydrogen-bond acceptors (Lipinski definition) is 3. The van der Waals surface area contributed by atoms with Crippen LogP contribution in [-0.2, 0) is 9.53 Å². The third-order valence-electron chi connectivity index (χ3n) is 2.26. The minimum Gasteiger partial charge on any atom is -0.508 e. The lowest BCUT2D eigenvalue weighted by molar-refractivity contribution is -0.140. The summed E-state index contributed by atoms with van der Waals surface area (Å²) in [6.07, 6.45) is 1.32. The number of hydrogen-bond donors (Lipinski definition) is 1. The highest BCUT2D eigenvalue weighted by Gasteiger charge is 2.20. The Morgan fingerprint density at radius 2 is 2.11 bits per heavy atom. The number of halogens is 1. The Kier molecular flexibility index (Phi) is 5.79. The quantitative estimate of drug-likeness (QED) is 0.296. The van der Waals surface area contributed by atoms with Gasteiger partial charge < -0.3 is 15.4 Å². The van der Waals surface area contributed by atoms with Crippen molar-refractivity contribution in [3.63, 3.8) is 0 Å². The van der Waals surface area contributed by atoms with Crippen LogP contribution in [0, 0.1) is 0 Å². The number of carbonyl (C=O) groups is 1. The minimum atomic E-state index is -0.717. The first-order chi connectivity index (χ1) is 9.08. The molecule has 0 radical (unpaired) electrons. The molecule has 1 aromatic carbocycles. The van der Waals surface area contributed by atoms with Gasteiger partial charge in [-0.1, -0.05) is 11.6 Å². The fourth-order valence-electron chi connectivity index (χ4n) is 1.31. The smallest absolute Gasteiger partial charge is 0.417 e. The largest absolute Gasteiger partial charge is 0.508 e. The van der Waals surface area contributed by atoms with E-state index in [4.69, 9.17) is 21.9 Å². The molecule has 0 unspecified atom stereocenters. The lowest BCUT2D eigenvalue weighted by atomic mass is 10.1. The average Bonchev–Trinajstić information content (AvgIpc) is 2.40. The third kappa shape index (κ3) is 4.58. The van der Waals surface area contributed by atoms with Crippen molar-refractivity contribution >= 4 is 29.0 Å². The zero-order valence-corrected chi connectivity index (χ0v) is 11.1. The lowest BCUT2D eigenvalue weighted by Crippen LogP contribution is -2.17. The number of nitrogens with zero attached hydrogens (tertiary/aromatic N) is 2. The number of ether oxygens (including phenoxy) is 1. The number of allylic oxidation sites excluding steroid dienone is 1. The van der Waals surface area contributed by atoms with Gasteiger partial charge in [0.05, 0.1) is 13.0 Å². The van der Waals surface area contributed by atoms with E-state index in [1.165, 1.54) is 6.08 Å². The molecule has 1 aromatic rings. The lowest BCUT2D eigenvalue weighted by Gasteiger charge is -2.00. The van der Waals surface area contributed by atoms with E-state index in [1.807, 2.05) is 0 Å². The zero-order chi connectivity index (χ0) is 14.3. The Bertz CT molecular complexity index is 531. The first-order valence-electron chi connectivity index (χ1n) is 5.61. The SMILES string of the molecule is CCOC(=O)C(C/C=C(\O)c1ccc(Cl)cc1)=[N+]=[N-]. The summed E-state index contributed by atoms with van der Waals surface area (Å²) in [6, 6.07) is 6.53. The molecular weight excluding hydrogens is 268 g/mol.